The largest absolute Gasteiger partial charge is 0.382 e. The predicted octanol–water partition coefficient (Wildman–Crippen LogP) is 1.43. The number of nitrogens with zero attached hydrogens (tertiary/aromatic N) is 2. The number of hydrogen-bond acceptors (Lipinski definition) is 4. The molecular formula is C11H20N2O2. The third-order valence-electron chi connectivity index (χ3n) is 1.60. The van der Waals surface area contributed by atoms with Crippen LogP contribution in [0.4, 0.5) is 5.82 Å². The Morgan fingerprint density at radius 2 is 1.73 bits per heavy atom. The first kappa shape index (κ1) is 13.9. The molecule has 0 fully saturated rings. The Balaban J connectivity index is 0.000000288. The lowest BCUT2D eigenvalue weighted by molar-refractivity contribution is 0.103. The van der Waals surface area contributed by atoms with Gasteiger partial charge in [-0.2, -0.15) is 0 Å². The SMILES string of the molecule is CN(C)c1ccccn1.COCCOC. The number of rotatable bonds is 4. The highest BCUT2D eigenvalue weighted by molar-refractivity contribution is 5.34. The lowest BCUT2D eigenvalue weighted by Gasteiger charge is -2.08. The van der Waals surface area contributed by atoms with Gasteiger partial charge in [-0.05, 0) is 12.1 Å². The van der Waals surface area contributed by atoms with Crippen molar-refractivity contribution < 1.29 is 9.47 Å². The molecule has 4 heteroatoms. The van der Waals surface area contributed by atoms with Gasteiger partial charge < -0.3 is 14.4 Å². The van der Waals surface area contributed by atoms with Gasteiger partial charge in [0.1, 0.15) is 5.82 Å². The average Bonchev–Trinajstić information content (AvgIpc) is 2.28. The molecule has 0 atom stereocenters. The predicted molar refractivity (Wildman–Crippen MR) is 62.3 cm³/mol. The van der Waals surface area contributed by atoms with Gasteiger partial charge in [-0.1, -0.05) is 6.07 Å². The minimum Gasteiger partial charge on any atom is -0.382 e. The molecule has 0 bridgehead atoms. The second kappa shape index (κ2) is 9.43. The van der Waals surface area contributed by atoms with Gasteiger partial charge in [-0.25, -0.2) is 4.98 Å². The minimum absolute atomic E-state index is 0.691. The van der Waals surface area contributed by atoms with Gasteiger partial charge in [0.25, 0.3) is 0 Å². The lowest BCUT2D eigenvalue weighted by atomic mass is 10.4. The van der Waals surface area contributed by atoms with E-state index < -0.39 is 0 Å². The highest BCUT2D eigenvalue weighted by Gasteiger charge is 1.89. The summed E-state index contributed by atoms with van der Waals surface area (Å²) < 4.78 is 9.31. The van der Waals surface area contributed by atoms with E-state index in [0.717, 1.165) is 5.82 Å². The van der Waals surface area contributed by atoms with Crippen LogP contribution in [0.1, 0.15) is 0 Å². The molecule has 1 rings (SSSR count). The van der Waals surface area contributed by atoms with Gasteiger partial charge in [0.15, 0.2) is 0 Å². The van der Waals surface area contributed by atoms with Crippen LogP contribution in [0, 0.1) is 0 Å². The second-order valence-electron chi connectivity index (χ2n) is 3.07. The fraction of sp³-hybridized carbons (Fsp3) is 0.545. The average molecular weight is 212 g/mol. The lowest BCUT2D eigenvalue weighted by Crippen LogP contribution is -2.09. The Hall–Kier alpha value is -1.13. The van der Waals surface area contributed by atoms with Crippen molar-refractivity contribution in [1.82, 2.24) is 4.98 Å². The molecule has 0 aliphatic heterocycles. The quantitative estimate of drug-likeness (QED) is 0.707. The number of methoxy groups -OCH3 is 2. The Morgan fingerprint density at radius 3 is 2.00 bits per heavy atom. The van der Waals surface area contributed by atoms with Crippen LogP contribution in [0.5, 0.6) is 0 Å². The Bertz CT molecular complexity index is 223. The van der Waals surface area contributed by atoms with Crippen molar-refractivity contribution in [3.63, 3.8) is 0 Å². The van der Waals surface area contributed by atoms with Crippen molar-refractivity contribution in [1.29, 1.82) is 0 Å². The van der Waals surface area contributed by atoms with Crippen LogP contribution in [0.25, 0.3) is 0 Å². The molecule has 1 aromatic rings. The fourth-order valence-electron chi connectivity index (χ4n) is 0.785. The topological polar surface area (TPSA) is 34.6 Å². The first-order chi connectivity index (χ1) is 7.22. The van der Waals surface area contributed by atoms with Gasteiger partial charge in [0.2, 0.25) is 0 Å². The highest BCUT2D eigenvalue weighted by atomic mass is 16.5. The van der Waals surface area contributed by atoms with E-state index in [4.69, 9.17) is 0 Å². The zero-order chi connectivity index (χ0) is 11.5. The van der Waals surface area contributed by atoms with Crippen molar-refractivity contribution in [3.8, 4) is 0 Å². The zero-order valence-electron chi connectivity index (χ0n) is 9.93. The van der Waals surface area contributed by atoms with Crippen molar-refractivity contribution in [3.05, 3.63) is 24.4 Å². The summed E-state index contributed by atoms with van der Waals surface area (Å²) >= 11 is 0. The molecule has 86 valence electrons. The molecule has 4 nitrogen and oxygen atoms in total. The maximum Gasteiger partial charge on any atom is 0.127 e. The summed E-state index contributed by atoms with van der Waals surface area (Å²) in [5.74, 6) is 0.998. The molecule has 0 aliphatic rings. The number of aromatic nitrogens is 1. The number of ether oxygens (including phenoxy) is 2. The molecule has 0 saturated heterocycles. The molecule has 0 aromatic carbocycles. The van der Waals surface area contributed by atoms with Gasteiger partial charge in [-0.15, -0.1) is 0 Å². The maximum atomic E-state index is 4.66. The van der Waals surface area contributed by atoms with Crippen LogP contribution >= 0.6 is 0 Å². The van der Waals surface area contributed by atoms with E-state index in [9.17, 15) is 0 Å². The molecule has 0 amide bonds. The van der Waals surface area contributed by atoms with E-state index in [-0.39, 0.29) is 0 Å². The van der Waals surface area contributed by atoms with E-state index in [2.05, 4.69) is 14.5 Å². The van der Waals surface area contributed by atoms with E-state index >= 15 is 0 Å². The summed E-state index contributed by atoms with van der Waals surface area (Å²) in [6.07, 6.45) is 1.79. The number of anilines is 1. The molecule has 0 aliphatic carbocycles. The number of pyridine rings is 1. The monoisotopic (exact) mass is 212 g/mol. The molecule has 0 spiro atoms. The zero-order valence-corrected chi connectivity index (χ0v) is 9.93. The number of hydrogen-bond donors (Lipinski definition) is 0. The van der Waals surface area contributed by atoms with Crippen LogP contribution in [0.3, 0.4) is 0 Å². The van der Waals surface area contributed by atoms with Crippen LogP contribution in [0.2, 0.25) is 0 Å². The van der Waals surface area contributed by atoms with Crippen molar-refractivity contribution in [2.75, 3.05) is 46.4 Å². The Morgan fingerprint density at radius 1 is 1.13 bits per heavy atom. The van der Waals surface area contributed by atoms with Gasteiger partial charge >= 0.3 is 0 Å². The Labute approximate surface area is 91.8 Å². The normalized spacial score (nSPS) is 9.07. The molecule has 0 radical (unpaired) electrons. The van der Waals surface area contributed by atoms with Crippen LogP contribution in [-0.4, -0.2) is 46.5 Å². The summed E-state index contributed by atoms with van der Waals surface area (Å²) in [5.41, 5.74) is 0. The molecule has 0 saturated carbocycles. The first-order valence-corrected chi connectivity index (χ1v) is 4.78. The van der Waals surface area contributed by atoms with Gasteiger partial charge in [0, 0.05) is 34.5 Å². The molecule has 1 heterocycles. The molecule has 0 unspecified atom stereocenters. The van der Waals surface area contributed by atoms with E-state index in [0.29, 0.717) is 13.2 Å². The third kappa shape index (κ3) is 7.90. The highest BCUT2D eigenvalue weighted by Crippen LogP contribution is 2.02. The summed E-state index contributed by atoms with van der Waals surface area (Å²) in [6, 6.07) is 5.86. The minimum atomic E-state index is 0.691. The molecular weight excluding hydrogens is 192 g/mol. The van der Waals surface area contributed by atoms with Crippen LogP contribution in [0.15, 0.2) is 24.4 Å². The summed E-state index contributed by atoms with van der Waals surface area (Å²) in [4.78, 5) is 6.08. The fourth-order valence-corrected chi connectivity index (χ4v) is 0.785. The van der Waals surface area contributed by atoms with Gasteiger partial charge in [-0.3, -0.25) is 0 Å². The Kier molecular flexibility index (Phi) is 8.72. The van der Waals surface area contributed by atoms with Crippen molar-refractivity contribution in [2.24, 2.45) is 0 Å². The smallest absolute Gasteiger partial charge is 0.127 e. The van der Waals surface area contributed by atoms with E-state index in [1.165, 1.54) is 0 Å². The second-order valence-corrected chi connectivity index (χ2v) is 3.07. The summed E-state index contributed by atoms with van der Waals surface area (Å²) in [6.45, 7) is 1.38. The van der Waals surface area contributed by atoms with Crippen molar-refractivity contribution >= 4 is 5.82 Å². The molecule has 15 heavy (non-hydrogen) atoms. The summed E-state index contributed by atoms with van der Waals surface area (Å²) in [7, 11) is 7.25. The maximum absolute atomic E-state index is 4.66. The van der Waals surface area contributed by atoms with Crippen molar-refractivity contribution in [2.45, 2.75) is 0 Å². The first-order valence-electron chi connectivity index (χ1n) is 4.78. The molecule has 1 aromatic heterocycles. The van der Waals surface area contributed by atoms with Crippen LogP contribution < -0.4 is 4.90 Å². The van der Waals surface area contributed by atoms with Crippen LogP contribution in [-0.2, 0) is 9.47 Å². The third-order valence-corrected chi connectivity index (χ3v) is 1.60. The summed E-state index contributed by atoms with van der Waals surface area (Å²) in [5, 5.41) is 0. The van der Waals surface area contributed by atoms with E-state index in [1.54, 1.807) is 20.4 Å². The molecule has 0 N–H and O–H groups in total. The van der Waals surface area contributed by atoms with Gasteiger partial charge in [0.05, 0.1) is 13.2 Å². The van der Waals surface area contributed by atoms with E-state index in [1.807, 2.05) is 37.2 Å². The standard InChI is InChI=1S/C7H10N2.C4H10O2/c1-9(2)7-5-3-4-6-8-7;1-5-3-4-6-2/h3-6H,1-2H3;3-4H2,1-2H3.